The lowest BCUT2D eigenvalue weighted by Gasteiger charge is -2.07. The summed E-state index contributed by atoms with van der Waals surface area (Å²) >= 11 is 0. The number of esters is 1. The number of nitrogen functional groups attached to an aromatic ring is 1. The highest BCUT2D eigenvalue weighted by Gasteiger charge is 2.04. The van der Waals surface area contributed by atoms with Crippen LogP contribution in [-0.4, -0.2) is 19.2 Å². The van der Waals surface area contributed by atoms with E-state index in [1.807, 2.05) is 6.92 Å². The number of para-hydroxylation sites is 2. The molecule has 0 saturated heterocycles. The molecule has 4 heteroatoms. The molecule has 0 fully saturated rings. The predicted molar refractivity (Wildman–Crippen MR) is 57.6 cm³/mol. The molecule has 0 aliphatic rings. The monoisotopic (exact) mass is 209 g/mol. The minimum atomic E-state index is -0.375. The first-order valence-electron chi connectivity index (χ1n) is 4.87. The third-order valence-corrected chi connectivity index (χ3v) is 1.73. The van der Waals surface area contributed by atoms with Gasteiger partial charge in [0.25, 0.3) is 0 Å². The van der Waals surface area contributed by atoms with Crippen molar-refractivity contribution in [3.8, 4) is 5.75 Å². The summed E-state index contributed by atoms with van der Waals surface area (Å²) in [5.74, 6) is 0.131. The molecule has 0 aromatic heterocycles. The maximum Gasteiger partial charge on any atom is 0.344 e. The largest absolute Gasteiger partial charge is 0.480 e. The number of ether oxygens (including phenoxy) is 2. The lowest BCUT2D eigenvalue weighted by atomic mass is 10.3. The van der Waals surface area contributed by atoms with Crippen LogP contribution in [0.1, 0.15) is 13.3 Å². The maximum atomic E-state index is 11.1. The molecule has 0 heterocycles. The Balaban J connectivity index is 2.37. The number of hydrogen-bond donors (Lipinski definition) is 1. The summed E-state index contributed by atoms with van der Waals surface area (Å²) in [4.78, 5) is 11.1. The Hall–Kier alpha value is -1.71. The molecule has 0 aliphatic carbocycles. The molecule has 1 aromatic carbocycles. The molecule has 1 aromatic rings. The summed E-state index contributed by atoms with van der Waals surface area (Å²) in [6.45, 7) is 2.25. The number of nitrogens with two attached hydrogens (primary N) is 1. The maximum absolute atomic E-state index is 11.1. The van der Waals surface area contributed by atoms with Crippen molar-refractivity contribution in [3.05, 3.63) is 24.3 Å². The van der Waals surface area contributed by atoms with Crippen LogP contribution < -0.4 is 10.5 Å². The average Bonchev–Trinajstić information content (AvgIpc) is 2.25. The summed E-state index contributed by atoms with van der Waals surface area (Å²) in [6, 6.07) is 7.02. The third kappa shape index (κ3) is 3.89. The second kappa shape index (κ2) is 5.90. The third-order valence-electron chi connectivity index (χ3n) is 1.73. The average molecular weight is 209 g/mol. The van der Waals surface area contributed by atoms with E-state index in [1.165, 1.54) is 0 Å². The van der Waals surface area contributed by atoms with E-state index >= 15 is 0 Å². The van der Waals surface area contributed by atoms with Gasteiger partial charge in [-0.1, -0.05) is 19.1 Å². The summed E-state index contributed by atoms with van der Waals surface area (Å²) in [5, 5.41) is 0. The number of rotatable bonds is 5. The molecule has 0 aliphatic heterocycles. The molecule has 0 atom stereocenters. The van der Waals surface area contributed by atoms with E-state index < -0.39 is 0 Å². The Morgan fingerprint density at radius 3 is 2.80 bits per heavy atom. The van der Waals surface area contributed by atoms with Gasteiger partial charge in [0.05, 0.1) is 12.3 Å². The molecule has 82 valence electrons. The molecule has 2 N–H and O–H groups in total. The second-order valence-corrected chi connectivity index (χ2v) is 3.05. The molecule has 0 unspecified atom stereocenters. The van der Waals surface area contributed by atoms with E-state index in [2.05, 4.69) is 0 Å². The summed E-state index contributed by atoms with van der Waals surface area (Å²) < 4.78 is 10.0. The van der Waals surface area contributed by atoms with Gasteiger partial charge in [-0.25, -0.2) is 4.79 Å². The SMILES string of the molecule is CCCOC(=O)COc1ccccc1N. The van der Waals surface area contributed by atoms with Crippen molar-refractivity contribution in [1.29, 1.82) is 0 Å². The van der Waals surface area contributed by atoms with Gasteiger partial charge in [-0.05, 0) is 18.6 Å². The zero-order valence-corrected chi connectivity index (χ0v) is 8.73. The summed E-state index contributed by atoms with van der Waals surface area (Å²) in [6.07, 6.45) is 0.805. The van der Waals surface area contributed by atoms with Gasteiger partial charge in [-0.15, -0.1) is 0 Å². The van der Waals surface area contributed by atoms with E-state index in [9.17, 15) is 4.79 Å². The van der Waals surface area contributed by atoms with Crippen LogP contribution in [0, 0.1) is 0 Å². The van der Waals surface area contributed by atoms with E-state index in [0.29, 0.717) is 18.0 Å². The van der Waals surface area contributed by atoms with Crippen LogP contribution in [0.25, 0.3) is 0 Å². The minimum absolute atomic E-state index is 0.103. The first-order valence-corrected chi connectivity index (χ1v) is 4.87. The quantitative estimate of drug-likeness (QED) is 0.591. The number of anilines is 1. The Morgan fingerprint density at radius 2 is 2.13 bits per heavy atom. The number of carbonyl (C=O) groups excluding carboxylic acids is 1. The molecule has 0 bridgehead atoms. The number of benzene rings is 1. The van der Waals surface area contributed by atoms with Gasteiger partial charge in [0.1, 0.15) is 5.75 Å². The van der Waals surface area contributed by atoms with Gasteiger partial charge in [0, 0.05) is 0 Å². The van der Waals surface area contributed by atoms with E-state index in [-0.39, 0.29) is 12.6 Å². The Morgan fingerprint density at radius 1 is 1.40 bits per heavy atom. The summed E-state index contributed by atoms with van der Waals surface area (Å²) in [7, 11) is 0. The van der Waals surface area contributed by atoms with Crippen LogP contribution in [0.4, 0.5) is 5.69 Å². The smallest absolute Gasteiger partial charge is 0.344 e. The molecule has 0 amide bonds. The molecule has 0 saturated carbocycles. The molecule has 1 rings (SSSR count). The van der Waals surface area contributed by atoms with Crippen LogP contribution in [0.3, 0.4) is 0 Å². The van der Waals surface area contributed by atoms with Crippen LogP contribution in [0.15, 0.2) is 24.3 Å². The van der Waals surface area contributed by atoms with Gasteiger partial charge in [-0.2, -0.15) is 0 Å². The van der Waals surface area contributed by atoms with Crippen molar-refractivity contribution >= 4 is 11.7 Å². The zero-order chi connectivity index (χ0) is 11.1. The summed E-state index contributed by atoms with van der Waals surface area (Å²) in [5.41, 5.74) is 6.14. The highest BCUT2D eigenvalue weighted by Crippen LogP contribution is 2.19. The highest BCUT2D eigenvalue weighted by atomic mass is 16.6. The fourth-order valence-corrected chi connectivity index (χ4v) is 1.01. The van der Waals surface area contributed by atoms with Crippen molar-refractivity contribution in [1.82, 2.24) is 0 Å². The molecule has 0 radical (unpaired) electrons. The minimum Gasteiger partial charge on any atom is -0.480 e. The van der Waals surface area contributed by atoms with Gasteiger partial charge in [0.2, 0.25) is 0 Å². The molecular formula is C11H15NO3. The Bertz CT molecular complexity index is 325. The van der Waals surface area contributed by atoms with Gasteiger partial charge in [-0.3, -0.25) is 0 Å². The van der Waals surface area contributed by atoms with Crippen molar-refractivity contribution in [2.75, 3.05) is 18.9 Å². The van der Waals surface area contributed by atoms with Crippen molar-refractivity contribution < 1.29 is 14.3 Å². The van der Waals surface area contributed by atoms with Crippen LogP contribution >= 0.6 is 0 Å². The normalized spacial score (nSPS) is 9.67. The lowest BCUT2D eigenvalue weighted by Crippen LogP contribution is -2.15. The first-order chi connectivity index (χ1) is 7.24. The van der Waals surface area contributed by atoms with Gasteiger partial charge < -0.3 is 15.2 Å². The second-order valence-electron chi connectivity index (χ2n) is 3.05. The number of carbonyl (C=O) groups is 1. The topological polar surface area (TPSA) is 61.5 Å². The molecular weight excluding hydrogens is 194 g/mol. The molecule has 0 spiro atoms. The van der Waals surface area contributed by atoms with Crippen LogP contribution in [-0.2, 0) is 9.53 Å². The van der Waals surface area contributed by atoms with Crippen molar-refractivity contribution in [2.24, 2.45) is 0 Å². The standard InChI is InChI=1S/C11H15NO3/c1-2-7-14-11(13)8-15-10-6-4-3-5-9(10)12/h3-6H,2,7-8,12H2,1H3. The number of hydrogen-bond acceptors (Lipinski definition) is 4. The Labute approximate surface area is 89.0 Å². The van der Waals surface area contributed by atoms with E-state index in [0.717, 1.165) is 6.42 Å². The highest BCUT2D eigenvalue weighted by molar-refractivity contribution is 5.71. The van der Waals surface area contributed by atoms with E-state index in [1.54, 1.807) is 24.3 Å². The zero-order valence-electron chi connectivity index (χ0n) is 8.73. The van der Waals surface area contributed by atoms with E-state index in [4.69, 9.17) is 15.2 Å². The lowest BCUT2D eigenvalue weighted by molar-refractivity contribution is -0.145. The Kier molecular flexibility index (Phi) is 4.47. The van der Waals surface area contributed by atoms with Gasteiger partial charge >= 0.3 is 5.97 Å². The molecule has 4 nitrogen and oxygen atoms in total. The molecule has 15 heavy (non-hydrogen) atoms. The van der Waals surface area contributed by atoms with Crippen molar-refractivity contribution in [3.63, 3.8) is 0 Å². The fourth-order valence-electron chi connectivity index (χ4n) is 1.01. The van der Waals surface area contributed by atoms with Crippen molar-refractivity contribution in [2.45, 2.75) is 13.3 Å². The fraction of sp³-hybridized carbons (Fsp3) is 0.364. The van der Waals surface area contributed by atoms with Crippen LogP contribution in [0.2, 0.25) is 0 Å². The first kappa shape index (κ1) is 11.4. The predicted octanol–water partition coefficient (Wildman–Crippen LogP) is 1.60. The van der Waals surface area contributed by atoms with Crippen LogP contribution in [0.5, 0.6) is 5.75 Å². The van der Waals surface area contributed by atoms with Gasteiger partial charge in [0.15, 0.2) is 6.61 Å².